The first-order valence-electron chi connectivity index (χ1n) is 24.3. The quantitative estimate of drug-likeness (QED) is 0.111. The normalized spacial score (nSPS) is 12.4. The van der Waals surface area contributed by atoms with Gasteiger partial charge in [-0.15, -0.1) is 0 Å². The van der Waals surface area contributed by atoms with Gasteiger partial charge in [0.1, 0.15) is 0 Å². The van der Waals surface area contributed by atoms with Crippen molar-refractivity contribution in [3.63, 3.8) is 0 Å². The first-order valence-corrected chi connectivity index (χ1v) is 24.3. The molecule has 0 heterocycles. The molecular weight excluding hydrogens is 831 g/mol. The number of hydrogen-bond donors (Lipinski definition) is 0. The molecule has 0 bridgehead atoms. The van der Waals surface area contributed by atoms with Crippen LogP contribution in [-0.2, 0) is 6.42 Å². The van der Waals surface area contributed by atoms with E-state index in [4.69, 9.17) is 0 Å². The summed E-state index contributed by atoms with van der Waals surface area (Å²) in [6.45, 7) is 2.46. The maximum absolute atomic E-state index is 2.48. The van der Waals surface area contributed by atoms with E-state index in [0.29, 0.717) is 0 Å². The summed E-state index contributed by atoms with van der Waals surface area (Å²) in [4.78, 5) is 2.48. The average Bonchev–Trinajstić information content (AvgIpc) is 3.43. The summed E-state index contributed by atoms with van der Waals surface area (Å²) >= 11 is 0. The predicted molar refractivity (Wildman–Crippen MR) is 294 cm³/mol. The van der Waals surface area contributed by atoms with Crippen molar-refractivity contribution in [3.8, 4) is 44.5 Å². The molecule has 0 aliphatic rings. The summed E-state index contributed by atoms with van der Waals surface area (Å²) in [5, 5.41) is 7.68. The zero-order valence-corrected chi connectivity index (χ0v) is 38.7. The second-order valence-electron chi connectivity index (χ2n) is 18.4. The first-order chi connectivity index (χ1) is 34.2. The molecule has 2 atom stereocenters. The van der Waals surface area contributed by atoms with Crippen molar-refractivity contribution < 1.29 is 0 Å². The largest absolute Gasteiger partial charge is 0.309 e. The SMILES string of the molecule is CC(c1ccc(-c2ccccc2)cc1-c1ccccc1)C(Cc1ccccc1)c1ccc2ccc3c(N(c4ccccc4)c4ccc(-c5ccccc5)cc4-c4ccccc4)ccc4ccc1c2c43. The van der Waals surface area contributed by atoms with Gasteiger partial charge in [-0.3, -0.25) is 0 Å². The van der Waals surface area contributed by atoms with Gasteiger partial charge in [-0.1, -0.05) is 237 Å². The van der Waals surface area contributed by atoms with Crippen molar-refractivity contribution in [2.45, 2.75) is 25.2 Å². The Morgan fingerprint density at radius 3 is 1.38 bits per heavy atom. The van der Waals surface area contributed by atoms with E-state index in [1.54, 1.807) is 0 Å². The van der Waals surface area contributed by atoms with Crippen LogP contribution in [0.3, 0.4) is 0 Å². The molecule has 12 aromatic carbocycles. The molecule has 0 saturated heterocycles. The third kappa shape index (κ3) is 7.92. The van der Waals surface area contributed by atoms with Crippen molar-refractivity contribution in [2.75, 3.05) is 4.90 Å². The summed E-state index contributed by atoms with van der Waals surface area (Å²) in [6, 6.07) is 98.4. The summed E-state index contributed by atoms with van der Waals surface area (Å²) in [5.74, 6) is 0.363. The highest BCUT2D eigenvalue weighted by atomic mass is 15.1. The van der Waals surface area contributed by atoms with Gasteiger partial charge in [-0.25, -0.2) is 0 Å². The van der Waals surface area contributed by atoms with Gasteiger partial charge in [0.15, 0.2) is 0 Å². The fourth-order valence-electron chi connectivity index (χ4n) is 11.0. The smallest absolute Gasteiger partial charge is 0.0540 e. The Labute approximate surface area is 405 Å². The van der Waals surface area contributed by atoms with Gasteiger partial charge in [0.05, 0.1) is 11.4 Å². The monoisotopic (exact) mass is 881 g/mol. The van der Waals surface area contributed by atoms with E-state index in [-0.39, 0.29) is 11.8 Å². The molecule has 0 N–H and O–H groups in total. The minimum absolute atomic E-state index is 0.179. The molecular formula is C68H51N. The van der Waals surface area contributed by atoms with Crippen molar-refractivity contribution in [3.05, 3.63) is 284 Å². The number of hydrogen-bond acceptors (Lipinski definition) is 1. The van der Waals surface area contributed by atoms with Crippen LogP contribution in [0, 0.1) is 0 Å². The van der Waals surface area contributed by atoms with E-state index in [0.717, 1.165) is 23.5 Å². The zero-order chi connectivity index (χ0) is 46.1. The zero-order valence-electron chi connectivity index (χ0n) is 38.7. The van der Waals surface area contributed by atoms with Crippen LogP contribution in [0.2, 0.25) is 0 Å². The van der Waals surface area contributed by atoms with Gasteiger partial charge in [0.2, 0.25) is 0 Å². The third-order valence-electron chi connectivity index (χ3n) is 14.4. The molecule has 12 rings (SSSR count). The lowest BCUT2D eigenvalue weighted by Crippen LogP contribution is -2.14. The van der Waals surface area contributed by atoms with Crippen LogP contribution in [0.25, 0.3) is 76.8 Å². The van der Waals surface area contributed by atoms with Crippen LogP contribution >= 0.6 is 0 Å². The molecule has 1 heteroatoms. The molecule has 0 spiro atoms. The van der Waals surface area contributed by atoms with Crippen LogP contribution in [0.1, 0.15) is 35.4 Å². The van der Waals surface area contributed by atoms with E-state index in [2.05, 4.69) is 279 Å². The molecule has 0 radical (unpaired) electrons. The van der Waals surface area contributed by atoms with Crippen molar-refractivity contribution >= 4 is 49.4 Å². The van der Waals surface area contributed by atoms with Crippen LogP contribution < -0.4 is 4.90 Å². The molecule has 69 heavy (non-hydrogen) atoms. The van der Waals surface area contributed by atoms with Gasteiger partial charge in [0, 0.05) is 16.6 Å². The number of para-hydroxylation sites is 1. The van der Waals surface area contributed by atoms with Crippen molar-refractivity contribution in [1.29, 1.82) is 0 Å². The Morgan fingerprint density at radius 1 is 0.333 bits per heavy atom. The Kier molecular flexibility index (Phi) is 11.1. The fraction of sp³-hybridized carbons (Fsp3) is 0.0588. The van der Waals surface area contributed by atoms with Gasteiger partial charge in [0.25, 0.3) is 0 Å². The van der Waals surface area contributed by atoms with E-state index in [1.807, 2.05) is 0 Å². The molecule has 0 fully saturated rings. The highest BCUT2D eigenvalue weighted by Crippen LogP contribution is 2.50. The fourth-order valence-corrected chi connectivity index (χ4v) is 11.0. The lowest BCUT2D eigenvalue weighted by molar-refractivity contribution is 0.577. The molecule has 0 amide bonds. The molecule has 0 aromatic heterocycles. The second kappa shape index (κ2) is 18.3. The predicted octanol–water partition coefficient (Wildman–Crippen LogP) is 18.9. The van der Waals surface area contributed by atoms with Gasteiger partial charge >= 0.3 is 0 Å². The minimum atomic E-state index is 0.179. The Bertz CT molecular complexity index is 3680. The highest BCUT2D eigenvalue weighted by molar-refractivity contribution is 6.26. The second-order valence-corrected chi connectivity index (χ2v) is 18.4. The van der Waals surface area contributed by atoms with E-state index in [9.17, 15) is 0 Å². The van der Waals surface area contributed by atoms with Crippen LogP contribution in [0.5, 0.6) is 0 Å². The average molecular weight is 882 g/mol. The standard InChI is InChI=1S/C68H51N/c1-47(58-38-35-55(49-22-10-3-11-23-49)45-63(58)51-26-14-5-15-27-51)62(44-48-20-8-2-9-21-48)59-39-32-53-34-41-61-65(42-36-54-33-40-60(59)67(53)68(54)61)69(57-30-18-7-19-31-57)66-43-37-56(50-24-12-4-13-25-50)46-64(66)52-28-16-6-17-29-52/h2-43,45-47,62H,44H2,1H3. The molecule has 1 nitrogen and oxygen atoms in total. The number of anilines is 3. The molecule has 0 aliphatic carbocycles. The van der Waals surface area contributed by atoms with Gasteiger partial charge in [-0.2, -0.15) is 0 Å². The number of rotatable bonds is 12. The third-order valence-corrected chi connectivity index (χ3v) is 14.4. The van der Waals surface area contributed by atoms with Crippen LogP contribution in [0.15, 0.2) is 267 Å². The highest BCUT2D eigenvalue weighted by Gasteiger charge is 2.28. The topological polar surface area (TPSA) is 3.24 Å². The number of benzene rings is 12. The maximum Gasteiger partial charge on any atom is 0.0540 e. The number of nitrogens with zero attached hydrogens (tertiary/aromatic N) is 1. The molecule has 0 saturated carbocycles. The maximum atomic E-state index is 2.48. The lowest BCUT2D eigenvalue weighted by atomic mass is 9.74. The van der Waals surface area contributed by atoms with E-state index in [1.165, 1.54) is 93.5 Å². The summed E-state index contributed by atoms with van der Waals surface area (Å²) in [6.07, 6.45) is 0.912. The Hall–Kier alpha value is -8.52. The van der Waals surface area contributed by atoms with Crippen LogP contribution in [0.4, 0.5) is 17.1 Å². The van der Waals surface area contributed by atoms with E-state index >= 15 is 0 Å². The van der Waals surface area contributed by atoms with Crippen LogP contribution in [-0.4, -0.2) is 0 Å². The van der Waals surface area contributed by atoms with Gasteiger partial charge < -0.3 is 4.90 Å². The molecule has 328 valence electrons. The summed E-state index contributed by atoms with van der Waals surface area (Å²) < 4.78 is 0. The lowest BCUT2D eigenvalue weighted by Gasteiger charge is -2.31. The molecule has 2 unspecified atom stereocenters. The van der Waals surface area contributed by atoms with E-state index < -0.39 is 0 Å². The Morgan fingerprint density at radius 2 is 0.768 bits per heavy atom. The van der Waals surface area contributed by atoms with Crippen molar-refractivity contribution in [2.24, 2.45) is 0 Å². The summed E-state index contributed by atoms with van der Waals surface area (Å²) in [5.41, 5.74) is 17.2. The minimum Gasteiger partial charge on any atom is -0.309 e. The molecule has 0 aliphatic heterocycles. The Balaban J connectivity index is 1.06. The van der Waals surface area contributed by atoms with Crippen molar-refractivity contribution in [1.82, 2.24) is 0 Å². The molecule has 12 aromatic rings. The first kappa shape index (κ1) is 41.9. The van der Waals surface area contributed by atoms with Gasteiger partial charge in [-0.05, 0) is 137 Å². The summed E-state index contributed by atoms with van der Waals surface area (Å²) in [7, 11) is 0.